The van der Waals surface area contributed by atoms with Gasteiger partial charge in [0.05, 0.1) is 24.0 Å². The minimum atomic E-state index is -0.363. The molecule has 2 aromatic carbocycles. The van der Waals surface area contributed by atoms with E-state index in [-0.39, 0.29) is 18.0 Å². The summed E-state index contributed by atoms with van der Waals surface area (Å²) in [6.45, 7) is 5.97. The molecule has 7 heteroatoms. The summed E-state index contributed by atoms with van der Waals surface area (Å²) in [6, 6.07) is 14.6. The lowest BCUT2D eigenvalue weighted by molar-refractivity contribution is 0.102. The molecule has 3 rings (SSSR count). The molecule has 1 aliphatic heterocycles. The van der Waals surface area contributed by atoms with E-state index >= 15 is 0 Å². The number of ether oxygens (including phenoxy) is 1. The number of anilines is 3. The maximum Gasteiger partial charge on any atom is 0.407 e. The molecule has 1 aliphatic rings. The standard InChI is InChI=1S/C22H28N4O3/c1-15(2)14-29-22(28)24-17-11-12-26(13-17)18-9-7-16(8-10-18)21(27)25-20-6-4-3-5-19(20)23/h3-10,15,17H,11-14,23H2,1-2H3,(H,24,28)(H,25,27). The maximum atomic E-state index is 12.4. The molecule has 0 aromatic heterocycles. The van der Waals surface area contributed by atoms with Gasteiger partial charge in [0, 0.05) is 24.3 Å². The summed E-state index contributed by atoms with van der Waals surface area (Å²) < 4.78 is 5.18. The monoisotopic (exact) mass is 396 g/mol. The fraction of sp³-hybridized carbons (Fsp3) is 0.364. The van der Waals surface area contributed by atoms with Gasteiger partial charge in [-0.1, -0.05) is 26.0 Å². The fourth-order valence-corrected chi connectivity index (χ4v) is 3.19. The Kier molecular flexibility index (Phi) is 6.59. The third kappa shape index (κ3) is 5.63. The van der Waals surface area contributed by atoms with Crippen LogP contribution in [0.5, 0.6) is 0 Å². The van der Waals surface area contributed by atoms with Crippen LogP contribution in [-0.4, -0.2) is 37.7 Å². The lowest BCUT2D eigenvalue weighted by atomic mass is 10.1. The second-order valence-corrected chi connectivity index (χ2v) is 7.66. The van der Waals surface area contributed by atoms with Crippen LogP contribution in [0.25, 0.3) is 0 Å². The van der Waals surface area contributed by atoms with Gasteiger partial charge < -0.3 is 26.0 Å². The zero-order valence-corrected chi connectivity index (χ0v) is 16.9. The van der Waals surface area contributed by atoms with Gasteiger partial charge >= 0.3 is 6.09 Å². The topological polar surface area (TPSA) is 96.7 Å². The summed E-state index contributed by atoms with van der Waals surface area (Å²) in [5, 5.41) is 5.74. The van der Waals surface area contributed by atoms with Crippen LogP contribution < -0.4 is 21.3 Å². The Hall–Kier alpha value is -3.22. The highest BCUT2D eigenvalue weighted by Gasteiger charge is 2.24. The number of alkyl carbamates (subject to hydrolysis) is 1. The van der Waals surface area contributed by atoms with Gasteiger partial charge in [0.2, 0.25) is 0 Å². The number of carbonyl (C=O) groups excluding carboxylic acids is 2. The molecule has 29 heavy (non-hydrogen) atoms. The SMILES string of the molecule is CC(C)COC(=O)NC1CCN(c2ccc(C(=O)Nc3ccccc3N)cc2)C1. The normalized spacial score (nSPS) is 16.0. The van der Waals surface area contributed by atoms with Crippen LogP contribution in [-0.2, 0) is 4.74 Å². The first-order valence-corrected chi connectivity index (χ1v) is 9.86. The zero-order valence-electron chi connectivity index (χ0n) is 16.9. The summed E-state index contributed by atoms with van der Waals surface area (Å²) in [5.41, 5.74) is 8.57. The van der Waals surface area contributed by atoms with E-state index in [1.807, 2.05) is 38.1 Å². The van der Waals surface area contributed by atoms with Crippen molar-refractivity contribution in [1.29, 1.82) is 0 Å². The van der Waals surface area contributed by atoms with Crippen molar-refractivity contribution in [2.45, 2.75) is 26.3 Å². The molecule has 0 saturated carbocycles. The first-order valence-electron chi connectivity index (χ1n) is 9.86. The van der Waals surface area contributed by atoms with E-state index in [2.05, 4.69) is 15.5 Å². The van der Waals surface area contributed by atoms with Crippen molar-refractivity contribution in [3.63, 3.8) is 0 Å². The van der Waals surface area contributed by atoms with E-state index < -0.39 is 0 Å². The Morgan fingerprint density at radius 2 is 1.90 bits per heavy atom. The highest BCUT2D eigenvalue weighted by Crippen LogP contribution is 2.22. The third-order valence-electron chi connectivity index (χ3n) is 4.76. The van der Waals surface area contributed by atoms with Gasteiger partial charge in [-0.25, -0.2) is 4.79 Å². The molecule has 0 radical (unpaired) electrons. The molecular weight excluding hydrogens is 368 g/mol. The van der Waals surface area contributed by atoms with E-state index in [4.69, 9.17) is 10.5 Å². The van der Waals surface area contributed by atoms with Crippen molar-refractivity contribution in [3.05, 3.63) is 54.1 Å². The summed E-state index contributed by atoms with van der Waals surface area (Å²) >= 11 is 0. The predicted octanol–water partition coefficient (Wildman–Crippen LogP) is 3.48. The smallest absolute Gasteiger partial charge is 0.407 e. The van der Waals surface area contributed by atoms with Gasteiger partial charge in [0.15, 0.2) is 0 Å². The number of hydrogen-bond donors (Lipinski definition) is 3. The average molecular weight is 396 g/mol. The molecule has 0 aliphatic carbocycles. The summed E-state index contributed by atoms with van der Waals surface area (Å²) in [7, 11) is 0. The number of amides is 2. The Morgan fingerprint density at radius 1 is 1.17 bits per heavy atom. The molecule has 1 unspecified atom stereocenters. The highest BCUT2D eigenvalue weighted by atomic mass is 16.5. The fourth-order valence-electron chi connectivity index (χ4n) is 3.19. The number of carbonyl (C=O) groups is 2. The third-order valence-corrected chi connectivity index (χ3v) is 4.76. The molecule has 1 heterocycles. The molecule has 1 atom stereocenters. The maximum absolute atomic E-state index is 12.4. The van der Waals surface area contributed by atoms with Gasteiger partial charge in [-0.2, -0.15) is 0 Å². The molecule has 1 fully saturated rings. The highest BCUT2D eigenvalue weighted by molar-refractivity contribution is 6.05. The first-order chi connectivity index (χ1) is 13.9. The number of nitrogen functional groups attached to an aromatic ring is 1. The van der Waals surface area contributed by atoms with Crippen molar-refractivity contribution in [1.82, 2.24) is 5.32 Å². The van der Waals surface area contributed by atoms with Crippen molar-refractivity contribution >= 4 is 29.1 Å². The molecule has 0 spiro atoms. The number of nitrogens with one attached hydrogen (secondary N) is 2. The van der Waals surface area contributed by atoms with Crippen LogP contribution >= 0.6 is 0 Å². The van der Waals surface area contributed by atoms with Crippen LogP contribution in [0.2, 0.25) is 0 Å². The van der Waals surface area contributed by atoms with Crippen LogP contribution in [0.4, 0.5) is 21.9 Å². The molecule has 154 valence electrons. The minimum Gasteiger partial charge on any atom is -0.449 e. The van der Waals surface area contributed by atoms with Crippen LogP contribution in [0.15, 0.2) is 48.5 Å². The molecule has 1 saturated heterocycles. The van der Waals surface area contributed by atoms with E-state index in [1.54, 1.807) is 24.3 Å². The van der Waals surface area contributed by atoms with Crippen LogP contribution in [0.3, 0.4) is 0 Å². The lowest BCUT2D eigenvalue weighted by Gasteiger charge is -2.19. The van der Waals surface area contributed by atoms with Crippen molar-refractivity contribution in [3.8, 4) is 0 Å². The minimum absolute atomic E-state index is 0.0543. The van der Waals surface area contributed by atoms with E-state index in [1.165, 1.54) is 0 Å². The lowest BCUT2D eigenvalue weighted by Crippen LogP contribution is -2.37. The number of para-hydroxylation sites is 2. The summed E-state index contributed by atoms with van der Waals surface area (Å²) in [6.07, 6.45) is 0.490. The second-order valence-electron chi connectivity index (χ2n) is 7.66. The Balaban J connectivity index is 1.53. The van der Waals surface area contributed by atoms with Crippen LogP contribution in [0, 0.1) is 5.92 Å². The number of benzene rings is 2. The molecule has 0 bridgehead atoms. The summed E-state index contributed by atoms with van der Waals surface area (Å²) in [5.74, 6) is 0.109. The van der Waals surface area contributed by atoms with E-state index in [0.29, 0.717) is 36.0 Å². The van der Waals surface area contributed by atoms with Crippen LogP contribution in [0.1, 0.15) is 30.6 Å². The quantitative estimate of drug-likeness (QED) is 0.650. The number of nitrogens with zero attached hydrogens (tertiary/aromatic N) is 1. The number of nitrogens with two attached hydrogens (primary N) is 1. The van der Waals surface area contributed by atoms with E-state index in [0.717, 1.165) is 18.7 Å². The molecular formula is C22H28N4O3. The Labute approximate surface area is 171 Å². The first kappa shape index (κ1) is 20.5. The van der Waals surface area contributed by atoms with Gasteiger partial charge in [-0.3, -0.25) is 4.79 Å². The number of rotatable bonds is 6. The summed E-state index contributed by atoms with van der Waals surface area (Å²) in [4.78, 5) is 26.5. The molecule has 2 amide bonds. The molecule has 2 aromatic rings. The Morgan fingerprint density at radius 3 is 2.59 bits per heavy atom. The van der Waals surface area contributed by atoms with E-state index in [9.17, 15) is 9.59 Å². The molecule has 4 N–H and O–H groups in total. The predicted molar refractivity (Wildman–Crippen MR) is 115 cm³/mol. The number of hydrogen-bond acceptors (Lipinski definition) is 5. The Bertz CT molecular complexity index is 851. The van der Waals surface area contributed by atoms with Crippen molar-refractivity contribution in [2.75, 3.05) is 35.6 Å². The van der Waals surface area contributed by atoms with Gasteiger partial charge in [0.25, 0.3) is 5.91 Å². The molecule has 7 nitrogen and oxygen atoms in total. The van der Waals surface area contributed by atoms with Crippen molar-refractivity contribution < 1.29 is 14.3 Å². The second kappa shape index (κ2) is 9.32. The largest absolute Gasteiger partial charge is 0.449 e. The van der Waals surface area contributed by atoms with Gasteiger partial charge in [-0.05, 0) is 48.7 Å². The average Bonchev–Trinajstić information content (AvgIpc) is 3.16. The zero-order chi connectivity index (χ0) is 20.8. The van der Waals surface area contributed by atoms with Gasteiger partial charge in [-0.15, -0.1) is 0 Å². The van der Waals surface area contributed by atoms with Crippen molar-refractivity contribution in [2.24, 2.45) is 5.92 Å². The van der Waals surface area contributed by atoms with Gasteiger partial charge in [0.1, 0.15) is 0 Å².